The molecule has 3 rings (SSSR count). The molecule has 1 atom stereocenters. The molecule has 0 aromatic heterocycles. The highest BCUT2D eigenvalue weighted by Gasteiger charge is 2.23. The van der Waals surface area contributed by atoms with Gasteiger partial charge in [0.15, 0.2) is 0 Å². The van der Waals surface area contributed by atoms with E-state index in [9.17, 15) is 0 Å². The average molecular weight is 244 g/mol. The van der Waals surface area contributed by atoms with E-state index >= 15 is 0 Å². The van der Waals surface area contributed by atoms with E-state index in [1.807, 2.05) is 0 Å². The molecular weight excluding hydrogens is 220 g/mol. The zero-order valence-electron chi connectivity index (χ0n) is 11.2. The first-order chi connectivity index (χ1) is 8.93. The van der Waals surface area contributed by atoms with Crippen molar-refractivity contribution >= 4 is 5.69 Å². The first-order valence-corrected chi connectivity index (χ1v) is 7.49. The molecule has 1 unspecified atom stereocenters. The van der Waals surface area contributed by atoms with Gasteiger partial charge in [-0.2, -0.15) is 0 Å². The standard InChI is InChI=1S/C16H24N2/c1-2-6-10-18(11-7-3-1)15-12-14-8-4-5-9-16(14)17-13-15/h4-5,8-9,15,17H,1-3,6-7,10-13H2. The SMILES string of the molecule is c1ccc2c(c1)CC(N1CCCCCCC1)CN2. The molecule has 2 aliphatic rings. The van der Waals surface area contributed by atoms with Crippen LogP contribution in [0.4, 0.5) is 5.69 Å². The number of para-hydroxylation sites is 1. The summed E-state index contributed by atoms with van der Waals surface area (Å²) in [5, 5.41) is 3.60. The zero-order chi connectivity index (χ0) is 12.2. The van der Waals surface area contributed by atoms with Crippen molar-refractivity contribution in [3.63, 3.8) is 0 Å². The molecule has 0 spiro atoms. The van der Waals surface area contributed by atoms with Crippen molar-refractivity contribution in [1.29, 1.82) is 0 Å². The normalized spacial score (nSPS) is 25.7. The van der Waals surface area contributed by atoms with E-state index in [0.717, 1.165) is 6.54 Å². The molecule has 0 amide bonds. The molecule has 98 valence electrons. The number of anilines is 1. The number of hydrogen-bond acceptors (Lipinski definition) is 2. The summed E-state index contributed by atoms with van der Waals surface area (Å²) in [5.41, 5.74) is 2.84. The molecule has 0 saturated carbocycles. The molecule has 1 fully saturated rings. The molecule has 1 aromatic carbocycles. The van der Waals surface area contributed by atoms with Crippen LogP contribution >= 0.6 is 0 Å². The van der Waals surface area contributed by atoms with Crippen molar-refractivity contribution in [1.82, 2.24) is 4.90 Å². The van der Waals surface area contributed by atoms with Crippen LogP contribution in [0.2, 0.25) is 0 Å². The molecule has 18 heavy (non-hydrogen) atoms. The van der Waals surface area contributed by atoms with Gasteiger partial charge in [-0.3, -0.25) is 4.90 Å². The number of hydrogen-bond donors (Lipinski definition) is 1. The van der Waals surface area contributed by atoms with Gasteiger partial charge in [-0.05, 0) is 44.0 Å². The second-order valence-electron chi connectivity index (χ2n) is 5.70. The molecule has 0 bridgehead atoms. The van der Waals surface area contributed by atoms with Gasteiger partial charge in [-0.15, -0.1) is 0 Å². The van der Waals surface area contributed by atoms with Crippen molar-refractivity contribution in [2.45, 2.75) is 44.6 Å². The van der Waals surface area contributed by atoms with Crippen LogP contribution in [0.5, 0.6) is 0 Å². The van der Waals surface area contributed by atoms with Crippen LogP contribution in [0.25, 0.3) is 0 Å². The lowest BCUT2D eigenvalue weighted by Crippen LogP contribution is -2.45. The Kier molecular flexibility index (Phi) is 3.84. The molecule has 1 saturated heterocycles. The molecule has 2 aliphatic heterocycles. The van der Waals surface area contributed by atoms with E-state index in [-0.39, 0.29) is 0 Å². The third-order valence-electron chi connectivity index (χ3n) is 4.41. The third kappa shape index (κ3) is 2.69. The maximum atomic E-state index is 3.60. The Hall–Kier alpha value is -1.02. The summed E-state index contributed by atoms with van der Waals surface area (Å²) in [4.78, 5) is 2.72. The van der Waals surface area contributed by atoms with Gasteiger partial charge < -0.3 is 5.32 Å². The molecule has 2 heterocycles. The molecule has 1 aromatic rings. The summed E-state index contributed by atoms with van der Waals surface area (Å²) >= 11 is 0. The topological polar surface area (TPSA) is 15.3 Å². The fraction of sp³-hybridized carbons (Fsp3) is 0.625. The van der Waals surface area contributed by atoms with Crippen molar-refractivity contribution in [3.05, 3.63) is 29.8 Å². The van der Waals surface area contributed by atoms with Gasteiger partial charge in [0.05, 0.1) is 0 Å². The number of rotatable bonds is 1. The first kappa shape index (κ1) is 12.0. The van der Waals surface area contributed by atoms with E-state index in [0.29, 0.717) is 6.04 Å². The average Bonchev–Trinajstić information content (AvgIpc) is 2.38. The van der Waals surface area contributed by atoms with Gasteiger partial charge in [0.2, 0.25) is 0 Å². The van der Waals surface area contributed by atoms with Crippen molar-refractivity contribution < 1.29 is 0 Å². The quantitative estimate of drug-likeness (QED) is 0.815. The van der Waals surface area contributed by atoms with E-state index in [2.05, 4.69) is 34.5 Å². The van der Waals surface area contributed by atoms with E-state index in [1.165, 1.54) is 62.9 Å². The zero-order valence-corrected chi connectivity index (χ0v) is 11.2. The van der Waals surface area contributed by atoms with Gasteiger partial charge in [0.1, 0.15) is 0 Å². The van der Waals surface area contributed by atoms with E-state index < -0.39 is 0 Å². The van der Waals surface area contributed by atoms with Crippen molar-refractivity contribution in [2.75, 3.05) is 25.0 Å². The maximum absolute atomic E-state index is 3.60. The lowest BCUT2D eigenvalue weighted by atomic mass is 9.97. The predicted molar refractivity (Wildman–Crippen MR) is 77.1 cm³/mol. The Bertz CT molecular complexity index is 380. The summed E-state index contributed by atoms with van der Waals surface area (Å²) in [6.07, 6.45) is 8.29. The number of nitrogens with zero attached hydrogens (tertiary/aromatic N) is 1. The summed E-state index contributed by atoms with van der Waals surface area (Å²) in [6, 6.07) is 9.48. The number of likely N-dealkylation sites (tertiary alicyclic amines) is 1. The molecule has 2 nitrogen and oxygen atoms in total. The van der Waals surface area contributed by atoms with Crippen LogP contribution in [0, 0.1) is 0 Å². The van der Waals surface area contributed by atoms with Crippen LogP contribution in [-0.2, 0) is 6.42 Å². The minimum absolute atomic E-state index is 0.706. The Morgan fingerprint density at radius 1 is 0.944 bits per heavy atom. The van der Waals surface area contributed by atoms with Gasteiger partial charge in [0.25, 0.3) is 0 Å². The van der Waals surface area contributed by atoms with Crippen LogP contribution < -0.4 is 5.32 Å². The number of fused-ring (bicyclic) bond motifs is 1. The molecule has 2 heteroatoms. The van der Waals surface area contributed by atoms with E-state index in [4.69, 9.17) is 0 Å². The summed E-state index contributed by atoms with van der Waals surface area (Å²) in [7, 11) is 0. The fourth-order valence-electron chi connectivity index (χ4n) is 3.32. The second-order valence-corrected chi connectivity index (χ2v) is 5.70. The minimum atomic E-state index is 0.706. The molecule has 0 aliphatic carbocycles. The highest BCUT2D eigenvalue weighted by atomic mass is 15.2. The van der Waals surface area contributed by atoms with Crippen molar-refractivity contribution in [2.24, 2.45) is 0 Å². The highest BCUT2D eigenvalue weighted by molar-refractivity contribution is 5.53. The van der Waals surface area contributed by atoms with Gasteiger partial charge in [-0.1, -0.05) is 37.5 Å². The Labute approximate surface area is 110 Å². The summed E-state index contributed by atoms with van der Waals surface area (Å²) < 4.78 is 0. The van der Waals surface area contributed by atoms with Gasteiger partial charge >= 0.3 is 0 Å². The van der Waals surface area contributed by atoms with Crippen LogP contribution in [-0.4, -0.2) is 30.6 Å². The molecule has 0 radical (unpaired) electrons. The Morgan fingerprint density at radius 3 is 2.50 bits per heavy atom. The lowest BCUT2D eigenvalue weighted by Gasteiger charge is -2.36. The largest absolute Gasteiger partial charge is 0.383 e. The number of nitrogens with one attached hydrogen (secondary N) is 1. The predicted octanol–water partition coefficient (Wildman–Crippen LogP) is 3.29. The number of benzene rings is 1. The van der Waals surface area contributed by atoms with Gasteiger partial charge in [0, 0.05) is 18.3 Å². The fourth-order valence-corrected chi connectivity index (χ4v) is 3.32. The maximum Gasteiger partial charge on any atom is 0.0373 e. The minimum Gasteiger partial charge on any atom is -0.383 e. The van der Waals surface area contributed by atoms with E-state index in [1.54, 1.807) is 0 Å². The Morgan fingerprint density at radius 2 is 1.67 bits per heavy atom. The summed E-state index contributed by atoms with van der Waals surface area (Å²) in [5.74, 6) is 0. The van der Waals surface area contributed by atoms with Crippen LogP contribution in [0.3, 0.4) is 0 Å². The lowest BCUT2D eigenvalue weighted by molar-refractivity contribution is 0.182. The highest BCUT2D eigenvalue weighted by Crippen LogP contribution is 2.24. The Balaban J connectivity index is 1.66. The van der Waals surface area contributed by atoms with Gasteiger partial charge in [-0.25, -0.2) is 0 Å². The monoisotopic (exact) mass is 244 g/mol. The molecule has 1 N–H and O–H groups in total. The van der Waals surface area contributed by atoms with Crippen LogP contribution in [0.15, 0.2) is 24.3 Å². The second kappa shape index (κ2) is 5.75. The third-order valence-corrected chi connectivity index (χ3v) is 4.41. The van der Waals surface area contributed by atoms with Crippen LogP contribution in [0.1, 0.15) is 37.7 Å². The van der Waals surface area contributed by atoms with Crippen molar-refractivity contribution in [3.8, 4) is 0 Å². The first-order valence-electron chi connectivity index (χ1n) is 7.49. The summed E-state index contributed by atoms with van der Waals surface area (Å²) in [6.45, 7) is 3.72. The smallest absolute Gasteiger partial charge is 0.0373 e. The molecular formula is C16H24N2.